The Morgan fingerprint density at radius 2 is 2.17 bits per heavy atom. The predicted molar refractivity (Wildman–Crippen MR) is 85.6 cm³/mol. The number of halogens is 1. The topological polar surface area (TPSA) is 54.2 Å². The van der Waals surface area contributed by atoms with Gasteiger partial charge in [0.25, 0.3) is 0 Å². The predicted octanol–water partition coefficient (Wildman–Crippen LogP) is 2.42. The molecule has 2 aromatic heterocycles. The largest absolute Gasteiger partial charge is 0.391 e. The normalized spacial score (nSPS) is 21.3. The monoisotopic (exact) mass is 312 g/mol. The molecule has 0 bridgehead atoms. The molecule has 0 amide bonds. The summed E-state index contributed by atoms with van der Waals surface area (Å²) in [7, 11) is 1.85. The molecule has 0 spiro atoms. The lowest BCUT2D eigenvalue weighted by atomic mass is 10.0. The van der Waals surface area contributed by atoms with Crippen molar-refractivity contribution in [3.63, 3.8) is 0 Å². The van der Waals surface area contributed by atoms with Gasteiger partial charge in [-0.1, -0.05) is 12.1 Å². The molecule has 0 saturated carbocycles. The molecule has 4 rings (SSSR count). The van der Waals surface area contributed by atoms with Crippen molar-refractivity contribution in [3.8, 4) is 0 Å². The number of rotatable bonds is 2. The lowest BCUT2D eigenvalue weighted by molar-refractivity contribution is 0.194. The van der Waals surface area contributed by atoms with Crippen LogP contribution in [-0.4, -0.2) is 32.5 Å². The van der Waals surface area contributed by atoms with Gasteiger partial charge in [-0.25, -0.2) is 9.37 Å². The number of anilines is 1. The van der Waals surface area contributed by atoms with Gasteiger partial charge >= 0.3 is 0 Å². The lowest BCUT2D eigenvalue weighted by Crippen LogP contribution is -2.24. The highest BCUT2D eigenvalue weighted by atomic mass is 19.1. The first kappa shape index (κ1) is 14.1. The maximum absolute atomic E-state index is 13.6. The van der Waals surface area contributed by atoms with Crippen molar-refractivity contribution in [2.24, 2.45) is 7.05 Å². The van der Waals surface area contributed by atoms with E-state index in [4.69, 9.17) is 0 Å². The maximum Gasteiger partial charge on any atom is 0.159 e. The standard InChI is InChI=1S/C17H17FN4O/c1-21-17-14(9-20-21)15(5-6-19-17)22-10-13(23)8-16(22)11-3-2-4-12(18)7-11/h2-7,9,13,16,23H,8,10H2,1H3/t13-,16-/m1/s1. The van der Waals surface area contributed by atoms with Crippen LogP contribution in [0, 0.1) is 5.82 Å². The molecule has 5 nitrogen and oxygen atoms in total. The SMILES string of the molecule is Cn1ncc2c(N3C[C@H](O)C[C@@H]3c3cccc(F)c3)ccnc21. The average molecular weight is 312 g/mol. The summed E-state index contributed by atoms with van der Waals surface area (Å²) in [5.41, 5.74) is 2.63. The number of pyridine rings is 1. The van der Waals surface area contributed by atoms with E-state index in [1.165, 1.54) is 12.1 Å². The van der Waals surface area contributed by atoms with Crippen LogP contribution in [0.1, 0.15) is 18.0 Å². The van der Waals surface area contributed by atoms with Crippen LogP contribution in [0.4, 0.5) is 10.1 Å². The molecule has 1 fully saturated rings. The van der Waals surface area contributed by atoms with Crippen LogP contribution in [0.15, 0.2) is 42.7 Å². The molecule has 3 heterocycles. The number of β-amino-alcohol motifs (C(OH)–C–C–N with tert-alkyl or cyclic N) is 1. The van der Waals surface area contributed by atoms with Gasteiger partial charge in [-0.15, -0.1) is 0 Å². The first-order valence-electron chi connectivity index (χ1n) is 7.60. The van der Waals surface area contributed by atoms with Gasteiger partial charge in [-0.3, -0.25) is 4.68 Å². The summed E-state index contributed by atoms with van der Waals surface area (Å²) in [5.74, 6) is -0.259. The van der Waals surface area contributed by atoms with E-state index in [2.05, 4.69) is 15.0 Å². The summed E-state index contributed by atoms with van der Waals surface area (Å²) < 4.78 is 15.3. The molecule has 2 atom stereocenters. The van der Waals surface area contributed by atoms with E-state index in [-0.39, 0.29) is 11.9 Å². The third-order valence-corrected chi connectivity index (χ3v) is 4.43. The van der Waals surface area contributed by atoms with Crippen LogP contribution in [0.25, 0.3) is 11.0 Å². The van der Waals surface area contributed by atoms with Gasteiger partial charge in [-0.05, 0) is 30.2 Å². The zero-order valence-corrected chi connectivity index (χ0v) is 12.7. The lowest BCUT2D eigenvalue weighted by Gasteiger charge is -2.27. The molecular formula is C17H17FN4O. The summed E-state index contributed by atoms with van der Waals surface area (Å²) in [6, 6.07) is 8.45. The molecule has 0 radical (unpaired) electrons. The Morgan fingerprint density at radius 1 is 1.30 bits per heavy atom. The third kappa shape index (κ3) is 2.35. The molecule has 6 heteroatoms. The number of aliphatic hydroxyl groups is 1. The first-order chi connectivity index (χ1) is 11.1. The summed E-state index contributed by atoms with van der Waals surface area (Å²) in [5, 5.41) is 15.4. The van der Waals surface area contributed by atoms with Gasteiger partial charge in [0.05, 0.1) is 29.4 Å². The Morgan fingerprint density at radius 3 is 3.00 bits per heavy atom. The Bertz CT molecular complexity index is 863. The molecule has 23 heavy (non-hydrogen) atoms. The molecule has 0 aliphatic carbocycles. The molecule has 0 unspecified atom stereocenters. The molecule has 1 aliphatic rings. The minimum Gasteiger partial charge on any atom is -0.391 e. The van der Waals surface area contributed by atoms with E-state index in [0.717, 1.165) is 22.3 Å². The fraction of sp³-hybridized carbons (Fsp3) is 0.294. The highest BCUT2D eigenvalue weighted by Crippen LogP contribution is 2.39. The number of benzene rings is 1. The van der Waals surface area contributed by atoms with Crippen molar-refractivity contribution >= 4 is 16.7 Å². The van der Waals surface area contributed by atoms with Gasteiger partial charge in [0.15, 0.2) is 5.65 Å². The van der Waals surface area contributed by atoms with Crippen molar-refractivity contribution in [1.82, 2.24) is 14.8 Å². The number of aryl methyl sites for hydroxylation is 1. The van der Waals surface area contributed by atoms with Gasteiger partial charge < -0.3 is 10.0 Å². The first-order valence-corrected chi connectivity index (χ1v) is 7.60. The highest BCUT2D eigenvalue weighted by molar-refractivity contribution is 5.89. The van der Waals surface area contributed by atoms with Crippen LogP contribution in [0.3, 0.4) is 0 Å². The quantitative estimate of drug-likeness (QED) is 0.789. The van der Waals surface area contributed by atoms with Crippen molar-refractivity contribution < 1.29 is 9.50 Å². The zero-order chi connectivity index (χ0) is 16.0. The second kappa shape index (κ2) is 5.31. The van der Waals surface area contributed by atoms with E-state index in [1.807, 2.05) is 19.2 Å². The van der Waals surface area contributed by atoms with Crippen molar-refractivity contribution in [3.05, 3.63) is 54.1 Å². The van der Waals surface area contributed by atoms with Gasteiger partial charge in [0.1, 0.15) is 5.82 Å². The minimum atomic E-state index is -0.442. The number of aliphatic hydroxyl groups excluding tert-OH is 1. The molecule has 1 N–H and O–H groups in total. The molecular weight excluding hydrogens is 295 g/mol. The van der Waals surface area contributed by atoms with Gasteiger partial charge in [-0.2, -0.15) is 5.10 Å². The summed E-state index contributed by atoms with van der Waals surface area (Å²) in [4.78, 5) is 6.47. The van der Waals surface area contributed by atoms with Crippen LogP contribution >= 0.6 is 0 Å². The average Bonchev–Trinajstić information content (AvgIpc) is 3.11. The summed E-state index contributed by atoms with van der Waals surface area (Å²) in [6.45, 7) is 0.509. The van der Waals surface area contributed by atoms with Crippen molar-refractivity contribution in [2.75, 3.05) is 11.4 Å². The van der Waals surface area contributed by atoms with E-state index >= 15 is 0 Å². The number of fused-ring (bicyclic) bond motifs is 1. The van der Waals surface area contributed by atoms with Crippen LogP contribution < -0.4 is 4.90 Å². The minimum absolute atomic E-state index is 0.0634. The molecule has 3 aromatic rings. The smallest absolute Gasteiger partial charge is 0.159 e. The van der Waals surface area contributed by atoms with Crippen molar-refractivity contribution in [2.45, 2.75) is 18.6 Å². The zero-order valence-electron chi connectivity index (χ0n) is 12.7. The van der Waals surface area contributed by atoms with Gasteiger partial charge in [0, 0.05) is 19.8 Å². The van der Waals surface area contributed by atoms with E-state index in [0.29, 0.717) is 13.0 Å². The number of nitrogens with zero attached hydrogens (tertiary/aromatic N) is 4. The number of aromatic nitrogens is 3. The Labute approximate surface area is 133 Å². The second-order valence-corrected chi connectivity index (χ2v) is 5.95. The fourth-order valence-electron chi connectivity index (χ4n) is 3.39. The molecule has 1 aromatic carbocycles. The Kier molecular flexibility index (Phi) is 3.27. The second-order valence-electron chi connectivity index (χ2n) is 5.95. The van der Waals surface area contributed by atoms with E-state index in [1.54, 1.807) is 23.1 Å². The molecule has 1 aliphatic heterocycles. The molecule has 1 saturated heterocycles. The van der Waals surface area contributed by atoms with Crippen LogP contribution in [0.2, 0.25) is 0 Å². The third-order valence-electron chi connectivity index (χ3n) is 4.43. The number of hydrogen-bond acceptors (Lipinski definition) is 4. The summed E-state index contributed by atoms with van der Waals surface area (Å²) in [6.07, 6.45) is 3.66. The van der Waals surface area contributed by atoms with E-state index in [9.17, 15) is 9.50 Å². The Balaban J connectivity index is 1.82. The fourth-order valence-corrected chi connectivity index (χ4v) is 3.39. The molecule has 118 valence electrons. The van der Waals surface area contributed by atoms with Gasteiger partial charge in [0.2, 0.25) is 0 Å². The van der Waals surface area contributed by atoms with E-state index < -0.39 is 6.10 Å². The number of hydrogen-bond donors (Lipinski definition) is 1. The maximum atomic E-state index is 13.6. The highest BCUT2D eigenvalue weighted by Gasteiger charge is 2.33. The van der Waals surface area contributed by atoms with Crippen molar-refractivity contribution in [1.29, 1.82) is 0 Å². The van der Waals surface area contributed by atoms with Crippen LogP contribution in [-0.2, 0) is 7.05 Å². The van der Waals surface area contributed by atoms with Crippen LogP contribution in [0.5, 0.6) is 0 Å². The Hall–Kier alpha value is -2.47. The summed E-state index contributed by atoms with van der Waals surface area (Å²) >= 11 is 0.